The second kappa shape index (κ2) is 12.4. The average molecular weight is 571 g/mol. The first-order valence-electron chi connectivity index (χ1n) is 13.7. The average Bonchev–Trinajstić information content (AvgIpc) is 3.35. The van der Waals surface area contributed by atoms with Crippen molar-refractivity contribution in [3.63, 3.8) is 0 Å². The zero-order chi connectivity index (χ0) is 29.0. The highest BCUT2D eigenvalue weighted by Crippen LogP contribution is 2.31. The molecule has 2 heterocycles. The molecule has 2 fully saturated rings. The van der Waals surface area contributed by atoms with Gasteiger partial charge in [-0.15, -0.1) is 0 Å². The molecule has 2 aliphatic heterocycles. The van der Waals surface area contributed by atoms with Crippen LogP contribution in [-0.2, 0) is 24.4 Å². The third-order valence-corrected chi connectivity index (χ3v) is 9.82. The molecule has 2 aromatic carbocycles. The van der Waals surface area contributed by atoms with Crippen molar-refractivity contribution in [3.05, 3.63) is 48.0 Å². The predicted molar refractivity (Wildman–Crippen MR) is 153 cm³/mol. The molecule has 11 heteroatoms. The summed E-state index contributed by atoms with van der Waals surface area (Å²) in [7, 11) is -2.25. The number of ether oxygens (including phenoxy) is 1. The van der Waals surface area contributed by atoms with E-state index in [2.05, 4.69) is 5.32 Å². The molecule has 0 radical (unpaired) electrons. The van der Waals surface area contributed by atoms with Crippen LogP contribution in [0.2, 0.25) is 0 Å². The lowest BCUT2D eigenvalue weighted by Crippen LogP contribution is -2.44. The van der Waals surface area contributed by atoms with Crippen molar-refractivity contribution in [2.24, 2.45) is 11.8 Å². The van der Waals surface area contributed by atoms with Gasteiger partial charge in [0.25, 0.3) is 0 Å². The first kappa shape index (κ1) is 29.5. The molecule has 4 rings (SSSR count). The van der Waals surface area contributed by atoms with Crippen molar-refractivity contribution in [1.29, 1.82) is 0 Å². The number of likely N-dealkylation sites (tertiary alicyclic amines) is 1. The van der Waals surface area contributed by atoms with Gasteiger partial charge in [0, 0.05) is 50.7 Å². The van der Waals surface area contributed by atoms with Crippen LogP contribution in [0.3, 0.4) is 0 Å². The maximum atomic E-state index is 13.2. The van der Waals surface area contributed by atoms with E-state index in [4.69, 9.17) is 4.74 Å². The third kappa shape index (κ3) is 6.15. The van der Waals surface area contributed by atoms with Gasteiger partial charge in [0.2, 0.25) is 27.7 Å². The van der Waals surface area contributed by atoms with Gasteiger partial charge in [0.15, 0.2) is 0 Å². The van der Waals surface area contributed by atoms with Crippen molar-refractivity contribution in [2.45, 2.75) is 44.9 Å². The van der Waals surface area contributed by atoms with E-state index >= 15 is 0 Å². The van der Waals surface area contributed by atoms with E-state index in [0.29, 0.717) is 57.0 Å². The molecule has 1 atom stereocenters. The van der Waals surface area contributed by atoms with Crippen molar-refractivity contribution in [3.8, 4) is 5.75 Å². The molecule has 216 valence electrons. The molecule has 0 bridgehead atoms. The Hall–Kier alpha value is -3.44. The number of piperidine rings is 1. The first-order chi connectivity index (χ1) is 19.1. The minimum absolute atomic E-state index is 0.0576. The molecular formula is C29H38N4O6S. The summed E-state index contributed by atoms with van der Waals surface area (Å²) >= 11 is 0. The van der Waals surface area contributed by atoms with Crippen molar-refractivity contribution < 1.29 is 27.5 Å². The molecule has 2 saturated heterocycles. The molecule has 10 nitrogen and oxygen atoms in total. The summed E-state index contributed by atoms with van der Waals surface area (Å²) in [5.41, 5.74) is 2.19. The van der Waals surface area contributed by atoms with Crippen LogP contribution in [0, 0.1) is 18.8 Å². The molecule has 40 heavy (non-hydrogen) atoms. The summed E-state index contributed by atoms with van der Waals surface area (Å²) < 4.78 is 32.7. The Kier molecular flexibility index (Phi) is 9.15. The summed E-state index contributed by atoms with van der Waals surface area (Å²) in [6, 6.07) is 12.1. The summed E-state index contributed by atoms with van der Waals surface area (Å²) in [6.45, 7) is 7.39. The molecule has 1 unspecified atom stereocenters. The summed E-state index contributed by atoms with van der Waals surface area (Å²) in [4.78, 5) is 42.5. The zero-order valence-electron chi connectivity index (χ0n) is 23.6. The van der Waals surface area contributed by atoms with Crippen LogP contribution in [0.15, 0.2) is 47.4 Å². The van der Waals surface area contributed by atoms with Crippen LogP contribution in [0.4, 0.5) is 11.4 Å². The maximum Gasteiger partial charge on any atom is 0.243 e. The second-order valence-corrected chi connectivity index (χ2v) is 12.2. The molecule has 0 aromatic heterocycles. The van der Waals surface area contributed by atoms with E-state index < -0.39 is 15.9 Å². The third-order valence-electron chi connectivity index (χ3n) is 7.77. The minimum Gasteiger partial charge on any atom is -0.495 e. The summed E-state index contributed by atoms with van der Waals surface area (Å²) in [5.74, 6) is -0.744. The number of hydrogen-bond donors (Lipinski definition) is 1. The number of sulfonamides is 1. The van der Waals surface area contributed by atoms with Crippen LogP contribution in [0.5, 0.6) is 5.75 Å². The molecule has 1 N–H and O–H groups in total. The van der Waals surface area contributed by atoms with Crippen LogP contribution in [-0.4, -0.2) is 75.2 Å². The fraction of sp³-hybridized carbons (Fsp3) is 0.483. The molecule has 3 amide bonds. The van der Waals surface area contributed by atoms with Crippen molar-refractivity contribution in [1.82, 2.24) is 9.21 Å². The Morgan fingerprint density at radius 3 is 2.27 bits per heavy atom. The fourth-order valence-electron chi connectivity index (χ4n) is 5.36. The lowest BCUT2D eigenvalue weighted by atomic mass is 9.94. The number of anilines is 2. The lowest BCUT2D eigenvalue weighted by molar-refractivity contribution is -0.138. The monoisotopic (exact) mass is 570 g/mol. The Morgan fingerprint density at radius 1 is 1.02 bits per heavy atom. The summed E-state index contributed by atoms with van der Waals surface area (Å²) in [6.07, 6.45) is 1.12. The van der Waals surface area contributed by atoms with Gasteiger partial charge in [-0.3, -0.25) is 14.4 Å². The van der Waals surface area contributed by atoms with E-state index in [9.17, 15) is 22.8 Å². The number of aryl methyl sites for hydroxylation is 1. The van der Waals surface area contributed by atoms with E-state index in [-0.39, 0.29) is 35.0 Å². The van der Waals surface area contributed by atoms with Gasteiger partial charge < -0.3 is 19.9 Å². The molecule has 0 spiro atoms. The topological polar surface area (TPSA) is 116 Å². The molecule has 0 aliphatic carbocycles. The van der Waals surface area contributed by atoms with Gasteiger partial charge in [0.1, 0.15) is 5.75 Å². The Labute approximate surface area is 236 Å². The normalized spacial score (nSPS) is 18.3. The first-order valence-corrected chi connectivity index (χ1v) is 15.2. The number of amides is 3. The Morgan fingerprint density at radius 2 is 1.68 bits per heavy atom. The standard InChI is InChI=1S/C29H38N4O6S/c1-5-32(6-2)40(37,38)24-11-12-26(39-4)25(18-24)30-28(35)21-13-15-31(16-14-21)29(36)22-17-27(34)33(19-22)23-9-7-20(3)8-10-23/h7-12,18,21-22H,5-6,13-17,19H2,1-4H3,(H,30,35). The smallest absolute Gasteiger partial charge is 0.243 e. The molecule has 2 aliphatic rings. The van der Waals surface area contributed by atoms with Crippen molar-refractivity contribution in [2.75, 3.05) is 50.1 Å². The van der Waals surface area contributed by atoms with Crippen LogP contribution < -0.4 is 15.0 Å². The highest BCUT2D eigenvalue weighted by molar-refractivity contribution is 7.89. The molecule has 2 aromatic rings. The summed E-state index contributed by atoms with van der Waals surface area (Å²) in [5, 5.41) is 2.85. The molecular weight excluding hydrogens is 532 g/mol. The fourth-order valence-corrected chi connectivity index (χ4v) is 6.84. The van der Waals surface area contributed by atoms with Crippen LogP contribution >= 0.6 is 0 Å². The zero-order valence-corrected chi connectivity index (χ0v) is 24.4. The van der Waals surface area contributed by atoms with Gasteiger partial charge in [-0.2, -0.15) is 4.31 Å². The lowest BCUT2D eigenvalue weighted by Gasteiger charge is -2.33. The number of carbonyl (C=O) groups excluding carboxylic acids is 3. The largest absolute Gasteiger partial charge is 0.495 e. The van der Waals surface area contributed by atoms with E-state index in [0.717, 1.165) is 11.3 Å². The van der Waals surface area contributed by atoms with E-state index in [1.54, 1.807) is 23.6 Å². The predicted octanol–water partition coefficient (Wildman–Crippen LogP) is 3.26. The van der Waals surface area contributed by atoms with Gasteiger partial charge in [0.05, 0.1) is 23.6 Å². The Bertz CT molecular complexity index is 1350. The quantitative estimate of drug-likeness (QED) is 0.495. The van der Waals surface area contributed by atoms with Crippen LogP contribution in [0.1, 0.15) is 38.7 Å². The number of benzene rings is 2. The van der Waals surface area contributed by atoms with Gasteiger partial charge in [-0.05, 0) is 50.1 Å². The molecule has 0 saturated carbocycles. The number of nitrogens with zero attached hydrogens (tertiary/aromatic N) is 3. The highest BCUT2D eigenvalue weighted by Gasteiger charge is 2.38. The van der Waals surface area contributed by atoms with E-state index in [1.165, 1.54) is 29.6 Å². The van der Waals surface area contributed by atoms with Gasteiger partial charge in [-0.25, -0.2) is 8.42 Å². The number of rotatable bonds is 9. The highest BCUT2D eigenvalue weighted by atomic mass is 32.2. The van der Waals surface area contributed by atoms with Gasteiger partial charge >= 0.3 is 0 Å². The van der Waals surface area contributed by atoms with E-state index in [1.807, 2.05) is 31.2 Å². The second-order valence-electron chi connectivity index (χ2n) is 10.3. The van der Waals surface area contributed by atoms with Crippen LogP contribution in [0.25, 0.3) is 0 Å². The minimum atomic E-state index is -3.71. The van der Waals surface area contributed by atoms with Gasteiger partial charge in [-0.1, -0.05) is 31.5 Å². The van der Waals surface area contributed by atoms with Crippen molar-refractivity contribution >= 4 is 39.1 Å². The SMILES string of the molecule is CCN(CC)S(=O)(=O)c1ccc(OC)c(NC(=O)C2CCN(C(=O)C3CC(=O)N(c4ccc(C)cc4)C3)CC2)c1. The maximum absolute atomic E-state index is 13.2. The Balaban J connectivity index is 1.37. The number of hydrogen-bond acceptors (Lipinski definition) is 6. The number of nitrogens with one attached hydrogen (secondary N) is 1. The number of carbonyl (C=O) groups is 3. The number of methoxy groups -OCH3 is 1.